The minimum Gasteiger partial charge on any atom is -0.496 e. The van der Waals surface area contributed by atoms with Crippen molar-refractivity contribution in [3.05, 3.63) is 65.2 Å². The summed E-state index contributed by atoms with van der Waals surface area (Å²) in [6.45, 7) is 0.442. The molecule has 2 aromatic carbocycles. The lowest BCUT2D eigenvalue weighted by atomic mass is 9.99. The Hall–Kier alpha value is -1.84. The molecule has 0 fully saturated rings. The van der Waals surface area contributed by atoms with Crippen molar-refractivity contribution >= 4 is 0 Å². The van der Waals surface area contributed by atoms with Crippen LogP contribution in [0.2, 0.25) is 0 Å². The van der Waals surface area contributed by atoms with Crippen LogP contribution in [0.1, 0.15) is 22.7 Å². The molecular formula is C16H20N2O. The summed E-state index contributed by atoms with van der Waals surface area (Å²) in [4.78, 5) is 0. The fourth-order valence-electron chi connectivity index (χ4n) is 2.12. The standard InChI is InChI=1S/C16H20N2O/c1-19-16-8-7-13(15(18)11-17)10-14(16)9-12-5-3-2-4-6-12/h2-8,10,15H,9,11,17-18H2,1H3. The lowest BCUT2D eigenvalue weighted by Gasteiger charge is -2.14. The first-order valence-electron chi connectivity index (χ1n) is 6.41. The van der Waals surface area contributed by atoms with Crippen molar-refractivity contribution in [1.29, 1.82) is 0 Å². The van der Waals surface area contributed by atoms with E-state index in [1.165, 1.54) is 5.56 Å². The summed E-state index contributed by atoms with van der Waals surface area (Å²) < 4.78 is 5.41. The van der Waals surface area contributed by atoms with E-state index in [1.54, 1.807) is 7.11 Å². The minimum atomic E-state index is -0.125. The van der Waals surface area contributed by atoms with Crippen LogP contribution >= 0.6 is 0 Å². The molecule has 0 aliphatic rings. The van der Waals surface area contributed by atoms with Crippen LogP contribution in [0.5, 0.6) is 5.75 Å². The highest BCUT2D eigenvalue weighted by atomic mass is 16.5. The molecule has 0 bridgehead atoms. The predicted octanol–water partition coefficient (Wildman–Crippen LogP) is 2.24. The van der Waals surface area contributed by atoms with Crippen molar-refractivity contribution in [3.63, 3.8) is 0 Å². The van der Waals surface area contributed by atoms with Crippen molar-refractivity contribution < 1.29 is 4.74 Å². The van der Waals surface area contributed by atoms with Gasteiger partial charge < -0.3 is 16.2 Å². The van der Waals surface area contributed by atoms with Crippen molar-refractivity contribution in [3.8, 4) is 5.75 Å². The molecule has 3 heteroatoms. The molecule has 2 aromatic rings. The third kappa shape index (κ3) is 3.34. The van der Waals surface area contributed by atoms with Gasteiger partial charge in [0, 0.05) is 19.0 Å². The van der Waals surface area contributed by atoms with E-state index in [2.05, 4.69) is 18.2 Å². The third-order valence-corrected chi connectivity index (χ3v) is 3.22. The molecule has 0 saturated heterocycles. The average molecular weight is 256 g/mol. The largest absolute Gasteiger partial charge is 0.496 e. The Morgan fingerprint density at radius 3 is 2.47 bits per heavy atom. The number of benzene rings is 2. The van der Waals surface area contributed by atoms with Crippen LogP contribution in [-0.4, -0.2) is 13.7 Å². The Morgan fingerprint density at radius 2 is 1.84 bits per heavy atom. The molecule has 0 aromatic heterocycles. The SMILES string of the molecule is COc1ccc(C(N)CN)cc1Cc1ccccc1. The van der Waals surface area contributed by atoms with Crippen LogP contribution in [0, 0.1) is 0 Å². The van der Waals surface area contributed by atoms with Crippen LogP contribution < -0.4 is 16.2 Å². The molecule has 0 aliphatic carbocycles. The molecule has 2 rings (SSSR count). The Bertz CT molecular complexity index is 526. The highest BCUT2D eigenvalue weighted by molar-refractivity contribution is 5.41. The molecule has 19 heavy (non-hydrogen) atoms. The zero-order chi connectivity index (χ0) is 13.7. The molecule has 0 saturated carbocycles. The van der Waals surface area contributed by atoms with Gasteiger partial charge in [-0.05, 0) is 22.8 Å². The molecule has 0 radical (unpaired) electrons. The van der Waals surface area contributed by atoms with Gasteiger partial charge in [0.1, 0.15) is 5.75 Å². The van der Waals surface area contributed by atoms with E-state index >= 15 is 0 Å². The number of nitrogens with two attached hydrogens (primary N) is 2. The second-order valence-electron chi connectivity index (χ2n) is 4.58. The maximum atomic E-state index is 5.98. The van der Waals surface area contributed by atoms with Crippen molar-refractivity contribution in [2.75, 3.05) is 13.7 Å². The van der Waals surface area contributed by atoms with Crippen LogP contribution in [0.25, 0.3) is 0 Å². The summed E-state index contributed by atoms with van der Waals surface area (Å²) >= 11 is 0. The Kier molecular flexibility index (Phi) is 4.55. The van der Waals surface area contributed by atoms with Crippen LogP contribution in [0.4, 0.5) is 0 Å². The lowest BCUT2D eigenvalue weighted by Crippen LogP contribution is -2.20. The maximum Gasteiger partial charge on any atom is 0.122 e. The average Bonchev–Trinajstić information content (AvgIpc) is 2.47. The monoisotopic (exact) mass is 256 g/mol. The van der Waals surface area contributed by atoms with Crippen LogP contribution in [-0.2, 0) is 6.42 Å². The van der Waals surface area contributed by atoms with E-state index in [0.717, 1.165) is 23.3 Å². The van der Waals surface area contributed by atoms with Gasteiger partial charge in [0.2, 0.25) is 0 Å². The summed E-state index contributed by atoms with van der Waals surface area (Å²) in [5.41, 5.74) is 15.0. The molecule has 1 atom stereocenters. The zero-order valence-electron chi connectivity index (χ0n) is 11.2. The van der Waals surface area contributed by atoms with Gasteiger partial charge in [-0.15, -0.1) is 0 Å². The molecule has 100 valence electrons. The number of hydrogen-bond acceptors (Lipinski definition) is 3. The van der Waals surface area contributed by atoms with E-state index in [9.17, 15) is 0 Å². The van der Waals surface area contributed by atoms with Gasteiger partial charge in [0.15, 0.2) is 0 Å². The van der Waals surface area contributed by atoms with Gasteiger partial charge >= 0.3 is 0 Å². The van der Waals surface area contributed by atoms with Gasteiger partial charge in [0.25, 0.3) is 0 Å². The van der Waals surface area contributed by atoms with Gasteiger partial charge in [0.05, 0.1) is 7.11 Å². The Balaban J connectivity index is 2.31. The summed E-state index contributed by atoms with van der Waals surface area (Å²) in [6, 6.07) is 16.2. The highest BCUT2D eigenvalue weighted by Crippen LogP contribution is 2.24. The lowest BCUT2D eigenvalue weighted by molar-refractivity contribution is 0.410. The Morgan fingerprint density at radius 1 is 1.11 bits per heavy atom. The molecule has 0 heterocycles. The van der Waals surface area contributed by atoms with E-state index in [-0.39, 0.29) is 6.04 Å². The molecule has 0 amide bonds. The van der Waals surface area contributed by atoms with Crippen molar-refractivity contribution in [2.45, 2.75) is 12.5 Å². The van der Waals surface area contributed by atoms with Crippen molar-refractivity contribution in [1.82, 2.24) is 0 Å². The van der Waals surface area contributed by atoms with E-state index in [1.807, 2.05) is 30.3 Å². The predicted molar refractivity (Wildman–Crippen MR) is 78.2 cm³/mol. The van der Waals surface area contributed by atoms with Crippen LogP contribution in [0.3, 0.4) is 0 Å². The van der Waals surface area contributed by atoms with Gasteiger partial charge in [-0.3, -0.25) is 0 Å². The van der Waals surface area contributed by atoms with E-state index in [4.69, 9.17) is 16.2 Å². The second kappa shape index (κ2) is 6.36. The fourth-order valence-corrected chi connectivity index (χ4v) is 2.12. The number of hydrogen-bond donors (Lipinski definition) is 2. The number of methoxy groups -OCH3 is 1. The smallest absolute Gasteiger partial charge is 0.122 e. The van der Waals surface area contributed by atoms with E-state index < -0.39 is 0 Å². The molecule has 1 unspecified atom stereocenters. The molecule has 0 spiro atoms. The normalized spacial score (nSPS) is 12.2. The summed E-state index contributed by atoms with van der Waals surface area (Å²) in [5, 5.41) is 0. The maximum absolute atomic E-state index is 5.98. The van der Waals surface area contributed by atoms with Gasteiger partial charge in [-0.1, -0.05) is 42.5 Å². The topological polar surface area (TPSA) is 61.3 Å². The fraction of sp³-hybridized carbons (Fsp3) is 0.250. The number of ether oxygens (including phenoxy) is 1. The number of rotatable bonds is 5. The van der Waals surface area contributed by atoms with Crippen LogP contribution in [0.15, 0.2) is 48.5 Å². The molecule has 4 N–H and O–H groups in total. The van der Waals surface area contributed by atoms with Gasteiger partial charge in [-0.25, -0.2) is 0 Å². The minimum absolute atomic E-state index is 0.125. The van der Waals surface area contributed by atoms with E-state index in [0.29, 0.717) is 6.54 Å². The third-order valence-electron chi connectivity index (χ3n) is 3.22. The first kappa shape index (κ1) is 13.6. The van der Waals surface area contributed by atoms with Crippen molar-refractivity contribution in [2.24, 2.45) is 11.5 Å². The highest BCUT2D eigenvalue weighted by Gasteiger charge is 2.09. The molecule has 0 aliphatic heterocycles. The zero-order valence-corrected chi connectivity index (χ0v) is 11.2. The van der Waals surface area contributed by atoms with Gasteiger partial charge in [-0.2, -0.15) is 0 Å². The Labute approximate surface area is 114 Å². The molecule has 3 nitrogen and oxygen atoms in total. The first-order chi connectivity index (χ1) is 9.24. The first-order valence-corrected chi connectivity index (χ1v) is 6.41. The second-order valence-corrected chi connectivity index (χ2v) is 4.58. The molecular weight excluding hydrogens is 236 g/mol. The summed E-state index contributed by atoms with van der Waals surface area (Å²) in [6.07, 6.45) is 0.829. The quantitative estimate of drug-likeness (QED) is 0.862. The summed E-state index contributed by atoms with van der Waals surface area (Å²) in [5.74, 6) is 0.886. The summed E-state index contributed by atoms with van der Waals surface area (Å²) in [7, 11) is 1.69.